The SMILES string of the molecule is [C-]#[N+]c1c(-c2ccc(-c3ccccc3)cn2)[c-]cc(C#N)c1[N+]#[C-].[Ir].[c-]1cccc2c1-c1nccn1CC2. The molecule has 1 radical (unpaired) electrons. The molecule has 0 saturated heterocycles. The summed E-state index contributed by atoms with van der Waals surface area (Å²) in [5, 5.41) is 9.06. The smallest absolute Gasteiger partial charge is 0.244 e. The quantitative estimate of drug-likeness (QED) is 0.189. The van der Waals surface area contributed by atoms with Gasteiger partial charge in [-0.2, -0.15) is 0 Å². The Morgan fingerprint density at radius 1 is 0.895 bits per heavy atom. The number of hydrogen-bond acceptors (Lipinski definition) is 3. The van der Waals surface area contributed by atoms with E-state index in [0.29, 0.717) is 11.3 Å². The molecular formula is C31H18IrN6-2. The summed E-state index contributed by atoms with van der Waals surface area (Å²) in [6, 6.07) is 29.2. The predicted molar refractivity (Wildman–Crippen MR) is 141 cm³/mol. The van der Waals surface area contributed by atoms with E-state index in [0.717, 1.165) is 29.9 Å². The van der Waals surface area contributed by atoms with E-state index in [1.54, 1.807) is 12.3 Å². The molecule has 183 valence electrons. The minimum absolute atomic E-state index is 0. The van der Waals surface area contributed by atoms with Gasteiger partial charge in [0.1, 0.15) is 6.57 Å². The van der Waals surface area contributed by atoms with Gasteiger partial charge in [-0.1, -0.05) is 42.5 Å². The molecule has 0 aliphatic carbocycles. The predicted octanol–water partition coefficient (Wildman–Crippen LogP) is 7.09. The van der Waals surface area contributed by atoms with Crippen LogP contribution in [-0.2, 0) is 33.1 Å². The van der Waals surface area contributed by atoms with E-state index in [1.165, 1.54) is 17.2 Å². The Morgan fingerprint density at radius 3 is 2.42 bits per heavy atom. The van der Waals surface area contributed by atoms with Crippen molar-refractivity contribution >= 4 is 11.4 Å². The standard InChI is InChI=1S/C20H9N4.C11H9N2.Ir/c1-22-19-15(12-21)8-10-17(20(19)23-2)18-11-9-16(13-24-18)14-6-4-3-5-7-14;1-2-4-10-9(3-1)5-7-13-8-6-12-11(10)13;/h3-9,11,13H;1-3,6,8H,5,7H2;/q2*-1;. The molecule has 0 unspecified atom stereocenters. The van der Waals surface area contributed by atoms with Gasteiger partial charge in [-0.25, -0.2) is 15.0 Å². The van der Waals surface area contributed by atoms with Gasteiger partial charge in [0.05, 0.1) is 12.4 Å². The molecule has 0 saturated carbocycles. The number of fused-ring (bicyclic) bond motifs is 3. The summed E-state index contributed by atoms with van der Waals surface area (Å²) in [5.41, 5.74) is 5.85. The molecule has 38 heavy (non-hydrogen) atoms. The van der Waals surface area contributed by atoms with Crippen molar-refractivity contribution in [2.45, 2.75) is 13.0 Å². The average Bonchev–Trinajstić information content (AvgIpc) is 3.47. The van der Waals surface area contributed by atoms with Crippen LogP contribution < -0.4 is 0 Å². The van der Waals surface area contributed by atoms with E-state index >= 15 is 0 Å². The molecule has 0 fully saturated rings. The molecule has 0 atom stereocenters. The number of rotatable bonds is 2. The van der Waals surface area contributed by atoms with Gasteiger partial charge in [-0.15, -0.1) is 47.5 Å². The van der Waals surface area contributed by atoms with Gasteiger partial charge in [0.15, 0.2) is 0 Å². The molecule has 0 N–H and O–H groups in total. The third-order valence-electron chi connectivity index (χ3n) is 6.05. The molecule has 7 heteroatoms. The molecule has 6 nitrogen and oxygen atoms in total. The number of aromatic nitrogens is 3. The van der Waals surface area contributed by atoms with Crippen LogP contribution in [0.1, 0.15) is 11.1 Å². The van der Waals surface area contributed by atoms with E-state index in [9.17, 15) is 0 Å². The van der Waals surface area contributed by atoms with Gasteiger partial charge >= 0.3 is 0 Å². The van der Waals surface area contributed by atoms with Crippen LogP contribution in [0.2, 0.25) is 0 Å². The van der Waals surface area contributed by atoms with Crippen LogP contribution in [0, 0.1) is 36.6 Å². The van der Waals surface area contributed by atoms with Gasteiger partial charge in [-0.3, -0.25) is 4.98 Å². The molecule has 3 aromatic carbocycles. The van der Waals surface area contributed by atoms with Crippen molar-refractivity contribution in [1.82, 2.24) is 14.5 Å². The molecule has 0 amide bonds. The molecule has 6 rings (SSSR count). The van der Waals surface area contributed by atoms with E-state index in [1.807, 2.05) is 67.0 Å². The summed E-state index contributed by atoms with van der Waals surface area (Å²) in [6.45, 7) is 15.6. The number of aryl methyl sites for hydroxylation is 2. The average molecular weight is 667 g/mol. The Kier molecular flexibility index (Phi) is 8.22. The van der Waals surface area contributed by atoms with Crippen molar-refractivity contribution in [2.24, 2.45) is 0 Å². The van der Waals surface area contributed by atoms with Crippen molar-refractivity contribution in [3.63, 3.8) is 0 Å². The molecular weight excluding hydrogens is 649 g/mol. The zero-order valence-corrected chi connectivity index (χ0v) is 22.4. The topological polar surface area (TPSA) is 63.2 Å². The van der Waals surface area contributed by atoms with Crippen molar-refractivity contribution in [3.8, 4) is 39.8 Å². The number of benzene rings is 3. The van der Waals surface area contributed by atoms with Crippen molar-refractivity contribution in [3.05, 3.63) is 131 Å². The molecule has 1 aliphatic rings. The zero-order chi connectivity index (χ0) is 25.6. The third-order valence-corrected chi connectivity index (χ3v) is 6.05. The number of nitriles is 1. The summed E-state index contributed by atoms with van der Waals surface area (Å²) in [7, 11) is 0. The van der Waals surface area contributed by atoms with Crippen LogP contribution in [0.4, 0.5) is 11.4 Å². The van der Waals surface area contributed by atoms with Crippen molar-refractivity contribution < 1.29 is 20.1 Å². The van der Waals surface area contributed by atoms with Gasteiger partial charge in [0, 0.05) is 51.3 Å². The van der Waals surface area contributed by atoms with E-state index in [2.05, 4.69) is 42.4 Å². The van der Waals surface area contributed by atoms with Crippen molar-refractivity contribution in [1.29, 1.82) is 5.26 Å². The Labute approximate surface area is 234 Å². The molecule has 1 aliphatic heterocycles. The second-order valence-electron chi connectivity index (χ2n) is 8.17. The summed E-state index contributed by atoms with van der Waals surface area (Å²) < 4.78 is 2.18. The summed E-state index contributed by atoms with van der Waals surface area (Å²) in [6.07, 6.45) is 6.70. The molecule has 5 aromatic rings. The second kappa shape index (κ2) is 11.9. The molecule has 3 heterocycles. The van der Waals surface area contributed by atoms with E-state index in [4.69, 9.17) is 18.4 Å². The van der Waals surface area contributed by atoms with Crippen LogP contribution in [0.25, 0.3) is 43.5 Å². The Hall–Kier alpha value is -4.86. The minimum Gasteiger partial charge on any atom is -0.371 e. The number of hydrogen-bond donors (Lipinski definition) is 0. The Balaban J connectivity index is 0.000000201. The number of nitrogens with zero attached hydrogens (tertiary/aromatic N) is 6. The van der Waals surface area contributed by atoms with Gasteiger partial charge in [0.2, 0.25) is 11.4 Å². The van der Waals surface area contributed by atoms with Crippen molar-refractivity contribution in [2.75, 3.05) is 0 Å². The van der Waals surface area contributed by atoms with Crippen LogP contribution in [0.5, 0.6) is 0 Å². The van der Waals surface area contributed by atoms with Gasteiger partial charge in [0.25, 0.3) is 0 Å². The zero-order valence-electron chi connectivity index (χ0n) is 20.0. The fourth-order valence-electron chi connectivity index (χ4n) is 4.22. The first-order valence-electron chi connectivity index (χ1n) is 11.5. The van der Waals surface area contributed by atoms with Gasteiger partial charge < -0.3 is 9.55 Å². The Morgan fingerprint density at radius 2 is 1.71 bits per heavy atom. The molecule has 2 aromatic heterocycles. The number of pyridine rings is 1. The second-order valence-corrected chi connectivity index (χ2v) is 8.17. The minimum atomic E-state index is 0. The molecule has 0 spiro atoms. The first-order chi connectivity index (χ1) is 18.2. The summed E-state index contributed by atoms with van der Waals surface area (Å²) in [4.78, 5) is 15.5. The van der Waals surface area contributed by atoms with Gasteiger partial charge in [-0.05, 0) is 34.4 Å². The maximum Gasteiger partial charge on any atom is 0.244 e. The summed E-state index contributed by atoms with van der Waals surface area (Å²) >= 11 is 0. The third kappa shape index (κ3) is 5.15. The largest absolute Gasteiger partial charge is 0.371 e. The first kappa shape index (κ1) is 26.2. The maximum atomic E-state index is 9.06. The van der Waals surface area contributed by atoms with E-state index < -0.39 is 0 Å². The Bertz CT molecular complexity index is 1700. The van der Waals surface area contributed by atoms with Crippen LogP contribution in [0.3, 0.4) is 0 Å². The monoisotopic (exact) mass is 667 g/mol. The normalized spacial score (nSPS) is 10.7. The molecule has 0 bridgehead atoms. The first-order valence-corrected chi connectivity index (χ1v) is 11.5. The number of imidazole rings is 1. The fourth-order valence-corrected chi connectivity index (χ4v) is 4.22. The van der Waals surface area contributed by atoms with Crippen LogP contribution in [-0.4, -0.2) is 14.5 Å². The van der Waals surface area contributed by atoms with Crippen LogP contribution >= 0.6 is 0 Å². The van der Waals surface area contributed by atoms with E-state index in [-0.39, 0.29) is 37.0 Å². The van der Waals surface area contributed by atoms with Crippen LogP contribution in [0.15, 0.2) is 85.3 Å². The fraction of sp³-hybridized carbons (Fsp3) is 0.0645. The maximum absolute atomic E-state index is 9.06. The summed E-state index contributed by atoms with van der Waals surface area (Å²) in [5.74, 6) is 1.06.